The zero-order valence-electron chi connectivity index (χ0n) is 7.36. The summed E-state index contributed by atoms with van der Waals surface area (Å²) in [5.74, 6) is 0.946. The maximum atomic E-state index is 5.46. The molecule has 0 radical (unpaired) electrons. The molecule has 12 heavy (non-hydrogen) atoms. The zero-order chi connectivity index (χ0) is 8.65. The summed E-state index contributed by atoms with van der Waals surface area (Å²) in [4.78, 5) is 0. The van der Waals surface area contributed by atoms with Gasteiger partial charge in [0, 0.05) is 0 Å². The van der Waals surface area contributed by atoms with Gasteiger partial charge in [-0.1, -0.05) is 30.4 Å². The molecule has 0 bridgehead atoms. The van der Waals surface area contributed by atoms with Crippen LogP contribution >= 0.6 is 0 Å². The summed E-state index contributed by atoms with van der Waals surface area (Å²) in [5, 5.41) is 0. The minimum absolute atomic E-state index is 0.758. The van der Waals surface area contributed by atoms with E-state index in [4.69, 9.17) is 4.74 Å². The van der Waals surface area contributed by atoms with Crippen LogP contribution in [0.2, 0.25) is 0 Å². The highest BCUT2D eigenvalue weighted by atomic mass is 16.5. The topological polar surface area (TPSA) is 9.23 Å². The maximum Gasteiger partial charge on any atom is 0.119 e. The molecule has 1 nitrogen and oxygen atoms in total. The molecular weight excluding hydrogens is 148 g/mol. The van der Waals surface area contributed by atoms with Crippen LogP contribution in [0.5, 0.6) is 5.75 Å². The second-order valence-electron chi connectivity index (χ2n) is 2.52. The van der Waals surface area contributed by atoms with Gasteiger partial charge < -0.3 is 4.74 Å². The molecule has 0 unspecified atom stereocenters. The predicted molar refractivity (Wildman–Crippen MR) is 51.4 cm³/mol. The van der Waals surface area contributed by atoms with Crippen molar-refractivity contribution < 1.29 is 4.74 Å². The Balaban J connectivity index is 2.24. The average Bonchev–Trinajstić information content (AvgIpc) is 2.14. The van der Waals surface area contributed by atoms with E-state index in [0.29, 0.717) is 0 Å². The van der Waals surface area contributed by atoms with Gasteiger partial charge in [0.05, 0.1) is 6.61 Å². The van der Waals surface area contributed by atoms with Gasteiger partial charge in [0.1, 0.15) is 5.75 Å². The Morgan fingerprint density at radius 2 is 2.00 bits per heavy atom. The standard InChI is InChI=1S/C11H14O/c1-2-3-7-10-12-11-8-5-4-6-9-11/h2-6,8-9H,7,10H2,1H3. The largest absolute Gasteiger partial charge is 0.493 e. The molecule has 1 heteroatoms. The first kappa shape index (κ1) is 8.85. The van der Waals surface area contributed by atoms with Crippen LogP contribution in [0.15, 0.2) is 42.5 Å². The van der Waals surface area contributed by atoms with Crippen LogP contribution in [0.3, 0.4) is 0 Å². The van der Waals surface area contributed by atoms with Gasteiger partial charge in [-0.2, -0.15) is 0 Å². The Kier molecular flexibility index (Phi) is 4.00. The summed E-state index contributed by atoms with van der Waals surface area (Å²) in [6.07, 6.45) is 5.11. The first-order valence-electron chi connectivity index (χ1n) is 4.22. The van der Waals surface area contributed by atoms with Crippen LogP contribution in [0.4, 0.5) is 0 Å². The fraction of sp³-hybridized carbons (Fsp3) is 0.273. The molecule has 0 aliphatic heterocycles. The summed E-state index contributed by atoms with van der Waals surface area (Å²) in [6.45, 7) is 2.77. The highest BCUT2D eigenvalue weighted by Crippen LogP contribution is 2.08. The molecule has 0 aromatic heterocycles. The van der Waals surface area contributed by atoms with Gasteiger partial charge in [-0.3, -0.25) is 0 Å². The summed E-state index contributed by atoms with van der Waals surface area (Å²) in [6, 6.07) is 9.88. The lowest BCUT2D eigenvalue weighted by Gasteiger charge is -2.02. The number of rotatable bonds is 4. The first-order valence-corrected chi connectivity index (χ1v) is 4.22. The van der Waals surface area contributed by atoms with Gasteiger partial charge in [0.2, 0.25) is 0 Å². The van der Waals surface area contributed by atoms with Crippen molar-refractivity contribution in [2.24, 2.45) is 0 Å². The lowest BCUT2D eigenvalue weighted by Crippen LogP contribution is -1.94. The van der Waals surface area contributed by atoms with E-state index in [1.807, 2.05) is 43.3 Å². The lowest BCUT2D eigenvalue weighted by molar-refractivity contribution is 0.325. The number of allylic oxidation sites excluding steroid dienone is 1. The summed E-state index contributed by atoms with van der Waals surface area (Å²) in [5.41, 5.74) is 0. The van der Waals surface area contributed by atoms with Crippen LogP contribution in [0.25, 0.3) is 0 Å². The molecule has 0 spiro atoms. The van der Waals surface area contributed by atoms with Crippen molar-refractivity contribution in [2.45, 2.75) is 13.3 Å². The molecule has 0 N–H and O–H groups in total. The predicted octanol–water partition coefficient (Wildman–Crippen LogP) is 3.03. The molecule has 0 aliphatic carbocycles. The van der Waals surface area contributed by atoms with E-state index in [2.05, 4.69) is 6.08 Å². The fourth-order valence-electron chi connectivity index (χ4n) is 0.928. The molecular formula is C11H14O. The Hall–Kier alpha value is -1.24. The molecule has 0 saturated heterocycles. The molecule has 0 atom stereocenters. The van der Waals surface area contributed by atoms with E-state index in [0.717, 1.165) is 18.8 Å². The van der Waals surface area contributed by atoms with Crippen molar-refractivity contribution in [1.29, 1.82) is 0 Å². The second kappa shape index (κ2) is 5.42. The Bertz CT molecular complexity index is 226. The van der Waals surface area contributed by atoms with Crippen LogP contribution in [0.1, 0.15) is 13.3 Å². The quantitative estimate of drug-likeness (QED) is 0.488. The zero-order valence-corrected chi connectivity index (χ0v) is 7.36. The Morgan fingerprint density at radius 3 is 2.67 bits per heavy atom. The fourth-order valence-corrected chi connectivity index (χ4v) is 0.928. The number of hydrogen-bond donors (Lipinski definition) is 0. The van der Waals surface area contributed by atoms with E-state index in [1.54, 1.807) is 0 Å². The lowest BCUT2D eigenvalue weighted by atomic mass is 10.3. The van der Waals surface area contributed by atoms with Crippen molar-refractivity contribution in [2.75, 3.05) is 6.61 Å². The molecule has 0 fully saturated rings. The van der Waals surface area contributed by atoms with Crippen molar-refractivity contribution in [3.63, 3.8) is 0 Å². The van der Waals surface area contributed by atoms with Crippen LogP contribution in [-0.2, 0) is 0 Å². The Morgan fingerprint density at radius 1 is 1.25 bits per heavy atom. The Labute approximate surface area is 73.7 Å². The van der Waals surface area contributed by atoms with Gasteiger partial charge >= 0.3 is 0 Å². The van der Waals surface area contributed by atoms with Crippen molar-refractivity contribution >= 4 is 0 Å². The number of hydrogen-bond acceptors (Lipinski definition) is 1. The van der Waals surface area contributed by atoms with Crippen molar-refractivity contribution in [1.82, 2.24) is 0 Å². The van der Waals surface area contributed by atoms with Crippen LogP contribution in [0, 0.1) is 0 Å². The summed E-state index contributed by atoms with van der Waals surface area (Å²) in [7, 11) is 0. The third-order valence-electron chi connectivity index (χ3n) is 1.53. The van der Waals surface area contributed by atoms with Crippen molar-refractivity contribution in [3.8, 4) is 5.75 Å². The van der Waals surface area contributed by atoms with E-state index in [9.17, 15) is 0 Å². The molecule has 0 heterocycles. The summed E-state index contributed by atoms with van der Waals surface area (Å²) >= 11 is 0. The normalized spacial score (nSPS) is 10.4. The van der Waals surface area contributed by atoms with Crippen molar-refractivity contribution in [3.05, 3.63) is 42.5 Å². The average molecular weight is 162 g/mol. The molecule has 1 aromatic rings. The van der Waals surface area contributed by atoms with Crippen LogP contribution < -0.4 is 4.74 Å². The van der Waals surface area contributed by atoms with Gasteiger partial charge in [0.25, 0.3) is 0 Å². The van der Waals surface area contributed by atoms with E-state index >= 15 is 0 Å². The van der Waals surface area contributed by atoms with Gasteiger partial charge in [-0.25, -0.2) is 0 Å². The minimum Gasteiger partial charge on any atom is -0.493 e. The number of para-hydroxylation sites is 1. The molecule has 0 aliphatic rings. The molecule has 0 amide bonds. The highest BCUT2D eigenvalue weighted by molar-refractivity contribution is 5.20. The second-order valence-corrected chi connectivity index (χ2v) is 2.52. The van der Waals surface area contributed by atoms with Gasteiger partial charge in [-0.15, -0.1) is 0 Å². The third kappa shape index (κ3) is 3.24. The first-order chi connectivity index (χ1) is 5.93. The van der Waals surface area contributed by atoms with Gasteiger partial charge in [-0.05, 0) is 25.5 Å². The van der Waals surface area contributed by atoms with E-state index < -0.39 is 0 Å². The number of ether oxygens (including phenoxy) is 1. The molecule has 1 aromatic carbocycles. The SMILES string of the molecule is CC=CCCOc1ccccc1. The van der Waals surface area contributed by atoms with Crippen LogP contribution in [-0.4, -0.2) is 6.61 Å². The maximum absolute atomic E-state index is 5.46. The van der Waals surface area contributed by atoms with Gasteiger partial charge in [0.15, 0.2) is 0 Å². The molecule has 64 valence electrons. The third-order valence-corrected chi connectivity index (χ3v) is 1.53. The smallest absolute Gasteiger partial charge is 0.119 e. The summed E-state index contributed by atoms with van der Waals surface area (Å²) < 4.78 is 5.46. The monoisotopic (exact) mass is 162 g/mol. The molecule has 0 saturated carbocycles. The van der Waals surface area contributed by atoms with E-state index in [-0.39, 0.29) is 0 Å². The molecule has 1 rings (SSSR count). The number of benzene rings is 1. The highest BCUT2D eigenvalue weighted by Gasteiger charge is 1.87. The van der Waals surface area contributed by atoms with E-state index in [1.165, 1.54) is 0 Å². The minimum atomic E-state index is 0.758.